The molecule has 0 saturated heterocycles. The van der Waals surface area contributed by atoms with Crippen LogP contribution in [0.4, 0.5) is 4.79 Å². The van der Waals surface area contributed by atoms with Crippen LogP contribution in [0.3, 0.4) is 0 Å². The maximum Gasteiger partial charge on any atom is 0.314 e. The normalized spacial score (nSPS) is 11.2. The number of carbonyl (C=O) groups is 1. The quantitative estimate of drug-likeness (QED) is 0.600. The first-order chi connectivity index (χ1) is 13.4. The number of oxazole rings is 1. The summed E-state index contributed by atoms with van der Waals surface area (Å²) >= 11 is 6.07. The van der Waals surface area contributed by atoms with E-state index in [1.807, 2.05) is 54.6 Å². The zero-order valence-electron chi connectivity index (χ0n) is 16.0. The Kier molecular flexibility index (Phi) is 6.37. The standard InChI is InChI=1S/C22H24ClN3O2/c1-22(2,17-9-6-10-18(23)13-17)15-25-21(27)24-12-11-19-14-28-20(26-19)16-7-4-3-5-8-16/h3-10,13-14H,11-12,15H2,1-2H3,(H2,24,25,27). The van der Waals surface area contributed by atoms with E-state index in [9.17, 15) is 4.79 Å². The number of carbonyl (C=O) groups excluding carboxylic acids is 1. The first-order valence-electron chi connectivity index (χ1n) is 9.22. The van der Waals surface area contributed by atoms with Gasteiger partial charge in [-0.25, -0.2) is 9.78 Å². The van der Waals surface area contributed by atoms with Crippen LogP contribution in [0.1, 0.15) is 25.1 Å². The number of halogens is 1. The van der Waals surface area contributed by atoms with E-state index in [1.54, 1.807) is 6.26 Å². The predicted molar refractivity (Wildman–Crippen MR) is 112 cm³/mol. The molecule has 0 atom stereocenters. The molecule has 28 heavy (non-hydrogen) atoms. The van der Waals surface area contributed by atoms with Crippen molar-refractivity contribution in [2.45, 2.75) is 25.7 Å². The Morgan fingerprint density at radius 2 is 1.89 bits per heavy atom. The van der Waals surface area contributed by atoms with Crippen molar-refractivity contribution in [3.63, 3.8) is 0 Å². The molecule has 0 unspecified atom stereocenters. The molecule has 0 aliphatic heterocycles. The molecular formula is C22H24ClN3O2. The van der Waals surface area contributed by atoms with Crippen molar-refractivity contribution in [3.05, 3.63) is 77.1 Å². The van der Waals surface area contributed by atoms with Gasteiger partial charge >= 0.3 is 6.03 Å². The maximum absolute atomic E-state index is 12.1. The Labute approximate surface area is 170 Å². The predicted octanol–water partition coefficient (Wildman–Crippen LogP) is 4.81. The van der Waals surface area contributed by atoms with Gasteiger partial charge in [-0.1, -0.05) is 55.8 Å². The second-order valence-electron chi connectivity index (χ2n) is 7.26. The van der Waals surface area contributed by atoms with E-state index in [2.05, 4.69) is 29.5 Å². The van der Waals surface area contributed by atoms with Crippen LogP contribution >= 0.6 is 11.6 Å². The molecule has 1 heterocycles. The van der Waals surface area contributed by atoms with Crippen LogP contribution < -0.4 is 10.6 Å². The van der Waals surface area contributed by atoms with Crippen LogP contribution in [0, 0.1) is 0 Å². The number of amides is 2. The summed E-state index contributed by atoms with van der Waals surface area (Å²) in [5.74, 6) is 0.586. The molecule has 0 spiro atoms. The molecule has 0 radical (unpaired) electrons. The third kappa shape index (κ3) is 5.36. The molecule has 0 aliphatic rings. The summed E-state index contributed by atoms with van der Waals surface area (Å²) in [5, 5.41) is 6.47. The first-order valence-corrected chi connectivity index (χ1v) is 9.59. The SMILES string of the molecule is CC(C)(CNC(=O)NCCc1coc(-c2ccccc2)n1)c1cccc(Cl)c1. The summed E-state index contributed by atoms with van der Waals surface area (Å²) in [5.41, 5.74) is 2.59. The van der Waals surface area contributed by atoms with E-state index in [-0.39, 0.29) is 11.4 Å². The van der Waals surface area contributed by atoms with Crippen molar-refractivity contribution in [3.8, 4) is 11.5 Å². The summed E-state index contributed by atoms with van der Waals surface area (Å²) in [7, 11) is 0. The van der Waals surface area contributed by atoms with Crippen molar-refractivity contribution in [2.24, 2.45) is 0 Å². The van der Waals surface area contributed by atoms with Crippen LogP contribution in [-0.4, -0.2) is 24.1 Å². The zero-order valence-corrected chi connectivity index (χ0v) is 16.8. The van der Waals surface area contributed by atoms with E-state index in [1.165, 1.54) is 0 Å². The van der Waals surface area contributed by atoms with Crippen molar-refractivity contribution >= 4 is 17.6 Å². The Morgan fingerprint density at radius 1 is 1.11 bits per heavy atom. The van der Waals surface area contributed by atoms with Crippen LogP contribution in [-0.2, 0) is 11.8 Å². The summed E-state index contributed by atoms with van der Waals surface area (Å²) in [6.45, 7) is 5.12. The Hall–Kier alpha value is -2.79. The second-order valence-corrected chi connectivity index (χ2v) is 7.70. The average Bonchev–Trinajstić information content (AvgIpc) is 3.16. The Bertz CT molecular complexity index is 922. The number of hydrogen-bond donors (Lipinski definition) is 2. The van der Waals surface area contributed by atoms with Gasteiger partial charge in [0.05, 0.1) is 5.69 Å². The summed E-state index contributed by atoms with van der Waals surface area (Å²) < 4.78 is 5.51. The second kappa shape index (κ2) is 8.93. The minimum Gasteiger partial charge on any atom is -0.444 e. The number of urea groups is 1. The van der Waals surface area contributed by atoms with Gasteiger partial charge in [0.2, 0.25) is 5.89 Å². The van der Waals surface area contributed by atoms with Gasteiger partial charge in [-0.15, -0.1) is 0 Å². The van der Waals surface area contributed by atoms with Crippen LogP contribution in [0.25, 0.3) is 11.5 Å². The summed E-state index contributed by atoms with van der Waals surface area (Å²) in [6.07, 6.45) is 2.23. The first kappa shape index (κ1) is 20.0. The van der Waals surface area contributed by atoms with Gasteiger partial charge < -0.3 is 15.1 Å². The minimum atomic E-state index is -0.223. The molecule has 1 aromatic heterocycles. The van der Waals surface area contributed by atoms with Crippen molar-refractivity contribution in [1.29, 1.82) is 0 Å². The molecule has 3 rings (SSSR count). The molecule has 0 aliphatic carbocycles. The molecule has 146 valence electrons. The zero-order chi connectivity index (χ0) is 20.0. The van der Waals surface area contributed by atoms with Crippen LogP contribution in [0.2, 0.25) is 5.02 Å². The minimum absolute atomic E-state index is 0.207. The third-order valence-electron chi connectivity index (χ3n) is 4.54. The highest BCUT2D eigenvalue weighted by Crippen LogP contribution is 2.24. The van der Waals surface area contributed by atoms with Crippen molar-refractivity contribution in [1.82, 2.24) is 15.6 Å². The van der Waals surface area contributed by atoms with Gasteiger partial charge in [-0.05, 0) is 29.8 Å². The fourth-order valence-electron chi connectivity index (χ4n) is 2.81. The van der Waals surface area contributed by atoms with Gasteiger partial charge in [0, 0.05) is 35.5 Å². The molecule has 2 N–H and O–H groups in total. The van der Waals surface area contributed by atoms with E-state index >= 15 is 0 Å². The fourth-order valence-corrected chi connectivity index (χ4v) is 3.00. The number of nitrogens with zero attached hydrogens (tertiary/aromatic N) is 1. The lowest BCUT2D eigenvalue weighted by molar-refractivity contribution is 0.238. The van der Waals surface area contributed by atoms with Gasteiger partial charge in [0.25, 0.3) is 0 Å². The molecule has 0 fully saturated rings. The smallest absolute Gasteiger partial charge is 0.314 e. The van der Waals surface area contributed by atoms with Crippen LogP contribution in [0.5, 0.6) is 0 Å². The highest BCUT2D eigenvalue weighted by molar-refractivity contribution is 6.30. The number of aromatic nitrogens is 1. The van der Waals surface area contributed by atoms with E-state index in [0.717, 1.165) is 16.8 Å². The average molecular weight is 398 g/mol. The Morgan fingerprint density at radius 3 is 2.64 bits per heavy atom. The highest BCUT2D eigenvalue weighted by Gasteiger charge is 2.21. The van der Waals surface area contributed by atoms with Crippen LogP contribution in [0.15, 0.2) is 65.3 Å². The van der Waals surface area contributed by atoms with E-state index in [0.29, 0.717) is 30.4 Å². The topological polar surface area (TPSA) is 67.2 Å². The molecule has 0 saturated carbocycles. The summed E-state index contributed by atoms with van der Waals surface area (Å²) in [4.78, 5) is 16.6. The van der Waals surface area contributed by atoms with Gasteiger partial charge in [0.1, 0.15) is 6.26 Å². The van der Waals surface area contributed by atoms with Gasteiger partial charge in [-0.3, -0.25) is 0 Å². The van der Waals surface area contributed by atoms with Gasteiger partial charge in [-0.2, -0.15) is 0 Å². The molecule has 6 heteroatoms. The van der Waals surface area contributed by atoms with Crippen molar-refractivity contribution < 1.29 is 9.21 Å². The largest absolute Gasteiger partial charge is 0.444 e. The summed E-state index contributed by atoms with van der Waals surface area (Å²) in [6, 6.07) is 17.2. The molecule has 3 aromatic rings. The lowest BCUT2D eigenvalue weighted by atomic mass is 9.85. The molecule has 0 bridgehead atoms. The Balaban J connectivity index is 1.44. The van der Waals surface area contributed by atoms with E-state index < -0.39 is 0 Å². The molecule has 2 aromatic carbocycles. The number of benzene rings is 2. The highest BCUT2D eigenvalue weighted by atomic mass is 35.5. The monoisotopic (exact) mass is 397 g/mol. The molecule has 2 amide bonds. The van der Waals surface area contributed by atoms with Gasteiger partial charge in [0.15, 0.2) is 0 Å². The van der Waals surface area contributed by atoms with Crippen molar-refractivity contribution in [2.75, 3.05) is 13.1 Å². The number of hydrogen-bond acceptors (Lipinski definition) is 3. The molecule has 5 nitrogen and oxygen atoms in total. The number of rotatable bonds is 7. The third-order valence-corrected chi connectivity index (χ3v) is 4.77. The lowest BCUT2D eigenvalue weighted by Gasteiger charge is -2.26. The number of nitrogens with one attached hydrogen (secondary N) is 2. The maximum atomic E-state index is 12.1. The fraction of sp³-hybridized carbons (Fsp3) is 0.273. The lowest BCUT2D eigenvalue weighted by Crippen LogP contribution is -2.42. The molecular weight excluding hydrogens is 374 g/mol. The van der Waals surface area contributed by atoms with E-state index in [4.69, 9.17) is 16.0 Å².